The Morgan fingerprint density at radius 3 is 1.28 bits per heavy atom. The minimum Gasteiger partial charge on any atom is -0.394 e. The summed E-state index contributed by atoms with van der Waals surface area (Å²) in [7, 11) is 0. The molecule has 0 spiro atoms. The molecule has 274 valence electrons. The summed E-state index contributed by atoms with van der Waals surface area (Å²) < 4.78 is 0. The van der Waals surface area contributed by atoms with Crippen molar-refractivity contribution in [3.63, 3.8) is 0 Å². The van der Waals surface area contributed by atoms with Crippen LogP contribution < -0.4 is 5.32 Å². The molecule has 0 aromatic heterocycles. The van der Waals surface area contributed by atoms with Crippen LogP contribution in [0.25, 0.3) is 0 Å². The number of allylic oxidation sites excluding steroid dienone is 2. The molecule has 3 N–H and O–H groups in total. The zero-order chi connectivity index (χ0) is 33.6. The fraction of sp³-hybridized carbons (Fsp3) is 0.929. The number of hydrogen-bond donors (Lipinski definition) is 3. The van der Waals surface area contributed by atoms with Crippen LogP contribution in [0.15, 0.2) is 12.2 Å². The van der Waals surface area contributed by atoms with Crippen molar-refractivity contribution in [2.45, 2.75) is 244 Å². The molecule has 0 aliphatic carbocycles. The molecular weight excluding hydrogens is 566 g/mol. The Morgan fingerprint density at radius 1 is 0.500 bits per heavy atom. The molecular formula is C42H83NO3. The van der Waals surface area contributed by atoms with Crippen LogP contribution in [0.2, 0.25) is 0 Å². The van der Waals surface area contributed by atoms with Crippen molar-refractivity contribution in [1.29, 1.82) is 0 Å². The predicted molar refractivity (Wildman–Crippen MR) is 202 cm³/mol. The van der Waals surface area contributed by atoms with Gasteiger partial charge in [0.2, 0.25) is 5.91 Å². The van der Waals surface area contributed by atoms with Crippen LogP contribution >= 0.6 is 0 Å². The van der Waals surface area contributed by atoms with Gasteiger partial charge in [-0.3, -0.25) is 4.79 Å². The van der Waals surface area contributed by atoms with Crippen LogP contribution in [0.5, 0.6) is 0 Å². The lowest BCUT2D eigenvalue weighted by Crippen LogP contribution is -2.45. The average Bonchev–Trinajstić information content (AvgIpc) is 3.06. The van der Waals surface area contributed by atoms with Gasteiger partial charge in [-0.15, -0.1) is 0 Å². The highest BCUT2D eigenvalue weighted by Gasteiger charge is 2.19. The van der Waals surface area contributed by atoms with Crippen LogP contribution in [0.3, 0.4) is 0 Å². The number of aliphatic hydroxyl groups is 2. The summed E-state index contributed by atoms with van der Waals surface area (Å²) in [6, 6.07) is -0.535. The van der Waals surface area contributed by atoms with Crippen LogP contribution in [0.4, 0.5) is 0 Å². The van der Waals surface area contributed by atoms with Gasteiger partial charge in [-0.25, -0.2) is 0 Å². The van der Waals surface area contributed by atoms with E-state index in [1.54, 1.807) is 0 Å². The molecule has 2 atom stereocenters. The minimum absolute atomic E-state index is 0.0415. The molecule has 0 bridgehead atoms. The molecule has 0 aromatic rings. The van der Waals surface area contributed by atoms with Gasteiger partial charge in [-0.05, 0) is 32.1 Å². The van der Waals surface area contributed by atoms with Crippen molar-refractivity contribution < 1.29 is 15.0 Å². The lowest BCUT2D eigenvalue weighted by Gasteiger charge is -2.22. The van der Waals surface area contributed by atoms with Crippen LogP contribution in [0.1, 0.15) is 232 Å². The van der Waals surface area contributed by atoms with Gasteiger partial charge in [0.05, 0.1) is 18.8 Å². The Morgan fingerprint density at radius 2 is 0.870 bits per heavy atom. The number of unbranched alkanes of at least 4 members (excludes halogenated alkanes) is 29. The number of carbonyl (C=O) groups excluding carboxylic acids is 1. The third-order valence-electron chi connectivity index (χ3n) is 9.76. The average molecular weight is 650 g/mol. The summed E-state index contributed by atoms with van der Waals surface area (Å²) in [5, 5.41) is 23.1. The van der Waals surface area contributed by atoms with Gasteiger partial charge in [0.15, 0.2) is 0 Å². The van der Waals surface area contributed by atoms with Gasteiger partial charge >= 0.3 is 0 Å². The smallest absolute Gasteiger partial charge is 0.220 e. The molecule has 0 radical (unpaired) electrons. The van der Waals surface area contributed by atoms with Crippen molar-refractivity contribution in [3.8, 4) is 0 Å². The molecule has 1 amide bonds. The van der Waals surface area contributed by atoms with Crippen molar-refractivity contribution in [2.75, 3.05) is 6.61 Å². The molecule has 0 saturated heterocycles. The maximum absolute atomic E-state index is 12.3. The first-order valence-electron chi connectivity index (χ1n) is 20.9. The van der Waals surface area contributed by atoms with E-state index in [-0.39, 0.29) is 12.5 Å². The second-order valence-corrected chi connectivity index (χ2v) is 14.4. The number of aliphatic hydroxyl groups excluding tert-OH is 2. The number of nitrogens with one attached hydrogen (secondary N) is 1. The van der Waals surface area contributed by atoms with E-state index in [0.717, 1.165) is 32.1 Å². The van der Waals surface area contributed by atoms with Crippen molar-refractivity contribution in [1.82, 2.24) is 5.32 Å². The normalized spacial score (nSPS) is 13.0. The summed E-state index contributed by atoms with van der Waals surface area (Å²) in [6.45, 7) is 4.30. The highest BCUT2D eigenvalue weighted by atomic mass is 16.3. The highest BCUT2D eigenvalue weighted by molar-refractivity contribution is 5.76. The molecule has 0 saturated carbocycles. The van der Waals surface area contributed by atoms with E-state index < -0.39 is 12.1 Å². The Labute approximate surface area is 288 Å². The lowest BCUT2D eigenvalue weighted by molar-refractivity contribution is -0.123. The third-order valence-corrected chi connectivity index (χ3v) is 9.76. The van der Waals surface area contributed by atoms with Crippen molar-refractivity contribution >= 4 is 5.91 Å². The van der Waals surface area contributed by atoms with E-state index in [4.69, 9.17) is 0 Å². The van der Waals surface area contributed by atoms with E-state index in [2.05, 4.69) is 31.3 Å². The Bertz CT molecular complexity index is 622. The number of carbonyl (C=O) groups is 1. The second-order valence-electron chi connectivity index (χ2n) is 14.4. The van der Waals surface area contributed by atoms with Crippen LogP contribution in [-0.2, 0) is 4.79 Å². The second kappa shape index (κ2) is 38.6. The highest BCUT2D eigenvalue weighted by Crippen LogP contribution is 2.16. The molecule has 0 fully saturated rings. The van der Waals surface area contributed by atoms with Gasteiger partial charge < -0.3 is 15.5 Å². The van der Waals surface area contributed by atoms with Gasteiger partial charge in [0.25, 0.3) is 0 Å². The summed E-state index contributed by atoms with van der Waals surface area (Å²) in [5.74, 6) is -0.0415. The molecule has 4 nitrogen and oxygen atoms in total. The minimum atomic E-state index is -0.658. The van der Waals surface area contributed by atoms with Gasteiger partial charge in [-0.2, -0.15) is 0 Å². The fourth-order valence-electron chi connectivity index (χ4n) is 6.54. The summed E-state index contributed by atoms with van der Waals surface area (Å²) >= 11 is 0. The molecule has 0 heterocycles. The van der Waals surface area contributed by atoms with Gasteiger partial charge in [0, 0.05) is 6.42 Å². The Hall–Kier alpha value is -0.870. The van der Waals surface area contributed by atoms with E-state index in [9.17, 15) is 15.0 Å². The SMILES string of the molecule is CCC/C=C\CCCCCCCC(=O)NC(CO)C(O)CCCCCCCCCCCCCCCCCCCCCCCCCC. The third kappa shape index (κ3) is 34.5. The maximum Gasteiger partial charge on any atom is 0.220 e. The molecule has 0 rings (SSSR count). The Kier molecular flexibility index (Phi) is 37.8. The fourth-order valence-corrected chi connectivity index (χ4v) is 6.54. The van der Waals surface area contributed by atoms with Crippen molar-refractivity contribution in [3.05, 3.63) is 12.2 Å². The first kappa shape index (κ1) is 45.1. The quantitative estimate of drug-likeness (QED) is 0.0460. The van der Waals surface area contributed by atoms with E-state index in [1.165, 1.54) is 173 Å². The largest absolute Gasteiger partial charge is 0.394 e. The monoisotopic (exact) mass is 650 g/mol. The topological polar surface area (TPSA) is 69.6 Å². The molecule has 46 heavy (non-hydrogen) atoms. The molecule has 0 aliphatic rings. The summed E-state index contributed by atoms with van der Waals surface area (Å²) in [5.41, 5.74) is 0. The summed E-state index contributed by atoms with van der Waals surface area (Å²) in [6.07, 6.45) is 47.2. The standard InChI is InChI=1S/C42H83NO3/c1-3-5-7-9-11-13-15-16-17-18-19-20-21-22-23-24-25-26-27-28-29-31-33-35-37-41(45)40(39-44)43-42(46)38-36-34-32-30-14-12-10-8-6-4-2/h8,10,40-41,44-45H,3-7,9,11-39H2,1-2H3,(H,43,46)/b10-8-. The summed E-state index contributed by atoms with van der Waals surface area (Å²) in [4.78, 5) is 12.3. The lowest BCUT2D eigenvalue weighted by atomic mass is 10.0. The van der Waals surface area contributed by atoms with Gasteiger partial charge in [-0.1, -0.05) is 206 Å². The molecule has 4 heteroatoms. The zero-order valence-electron chi connectivity index (χ0n) is 31.4. The van der Waals surface area contributed by atoms with Crippen LogP contribution in [0, 0.1) is 0 Å². The molecule has 0 aliphatic heterocycles. The van der Waals surface area contributed by atoms with E-state index in [1.807, 2.05) is 0 Å². The van der Waals surface area contributed by atoms with Gasteiger partial charge in [0.1, 0.15) is 0 Å². The Balaban J connectivity index is 3.43. The number of hydrogen-bond acceptors (Lipinski definition) is 3. The van der Waals surface area contributed by atoms with Crippen LogP contribution in [-0.4, -0.2) is 34.9 Å². The molecule has 2 unspecified atom stereocenters. The number of amides is 1. The van der Waals surface area contributed by atoms with E-state index in [0.29, 0.717) is 12.8 Å². The molecule has 0 aromatic carbocycles. The predicted octanol–water partition coefficient (Wildman–Crippen LogP) is 12.7. The maximum atomic E-state index is 12.3. The van der Waals surface area contributed by atoms with Crippen molar-refractivity contribution in [2.24, 2.45) is 0 Å². The first-order chi connectivity index (χ1) is 22.7. The first-order valence-corrected chi connectivity index (χ1v) is 20.9. The van der Waals surface area contributed by atoms with E-state index >= 15 is 0 Å². The zero-order valence-corrected chi connectivity index (χ0v) is 31.4. The number of rotatable bonds is 38.